The number of hydrogen-bond acceptors (Lipinski definition) is 12. The molecule has 16 nitrogen and oxygen atoms in total. The molecule has 7 aromatic carbocycles. The molecule has 2 atom stereocenters. The Morgan fingerprint density at radius 2 is 1.29 bits per heavy atom. The van der Waals surface area contributed by atoms with E-state index < -0.39 is 59.2 Å². The number of alkyl halides is 6. The van der Waals surface area contributed by atoms with E-state index in [0.717, 1.165) is 104 Å². The minimum atomic E-state index is -5.11. The van der Waals surface area contributed by atoms with Crippen LogP contribution in [0.2, 0.25) is 0 Å². The molecular formula is C81H92F7N7O9. The van der Waals surface area contributed by atoms with E-state index in [-0.39, 0.29) is 54.6 Å². The first kappa shape index (κ1) is 77.6. The van der Waals surface area contributed by atoms with Crippen molar-refractivity contribution in [2.75, 3.05) is 91.7 Å². The fraction of sp³-hybridized carbons (Fsp3) is 0.420. The number of carbonyl (C=O) groups excluding carboxylic acids is 5. The van der Waals surface area contributed by atoms with E-state index in [1.807, 2.05) is 129 Å². The molecule has 3 aliphatic heterocycles. The molecule has 104 heavy (non-hydrogen) atoms. The number of unbranched alkanes of at least 4 members (excludes halogenated alkanes) is 3. The van der Waals surface area contributed by atoms with Crippen LogP contribution in [0, 0.1) is 5.82 Å². The number of piperidine rings is 2. The average Bonchev–Trinajstić information content (AvgIpc) is 1.57. The molecule has 4 amide bonds. The summed E-state index contributed by atoms with van der Waals surface area (Å²) in [5.74, 6) is -1.25. The smallest absolute Gasteiger partial charge is 0.416 e. The number of fused-ring (bicyclic) bond motifs is 2. The van der Waals surface area contributed by atoms with E-state index >= 15 is 0 Å². The number of hydrogen-bond donors (Lipinski definition) is 2. The van der Waals surface area contributed by atoms with Crippen molar-refractivity contribution in [2.24, 2.45) is 0 Å². The van der Waals surface area contributed by atoms with Crippen LogP contribution in [0.3, 0.4) is 0 Å². The van der Waals surface area contributed by atoms with Gasteiger partial charge in [0.25, 0.3) is 11.8 Å². The van der Waals surface area contributed by atoms with Crippen LogP contribution in [0.25, 0.3) is 11.1 Å². The molecule has 7 aromatic rings. The van der Waals surface area contributed by atoms with E-state index in [4.69, 9.17) is 18.9 Å². The van der Waals surface area contributed by atoms with Crippen molar-refractivity contribution < 1.29 is 73.7 Å². The number of rotatable bonds is 26. The molecule has 3 heterocycles. The standard InChI is InChI=1S/C43H52N4O5.C38H40F7N3O4/c1-3-4-5-9-16-41(48)51-37-23-19-34(20-24-37)32-44-31-33-17-21-36(22-18-33)42(49)46(2)29-30-47-27-25-38(26-28-47)52-43(50)45-40-15-11-10-14-39(40)35-12-7-6-8-13-35;1-3-46(2)33(49)22-51-32-20-25-6-4-5-7-31(25)35(32)12-15-47(16-13-35)17-14-36(27-8-10-30(39)11-9-27)23-48(24-52-36)34(50)26-18-28(37(40,41)42)21-29(19-26)38(43,44)45/h6-8,10-15,17-24,38,44H,3-5,9,16,25-32H2,1-2H3,(H,45,50);4-11,18-19,21,32H,3,12-17,20,22-24H2,1-2H3/t;32-,36-/m.0/s1. The fourth-order valence-electron chi connectivity index (χ4n) is 14.0. The van der Waals surface area contributed by atoms with Crippen molar-refractivity contribution in [2.45, 2.75) is 133 Å². The van der Waals surface area contributed by atoms with Gasteiger partial charge in [-0.15, -0.1) is 0 Å². The molecule has 23 heteroatoms. The Morgan fingerprint density at radius 3 is 1.94 bits per heavy atom. The summed E-state index contributed by atoms with van der Waals surface area (Å²) in [6.45, 7) is 10.2. The summed E-state index contributed by atoms with van der Waals surface area (Å²) in [7, 11) is 3.57. The summed E-state index contributed by atoms with van der Waals surface area (Å²) >= 11 is 0. The van der Waals surface area contributed by atoms with E-state index in [1.165, 1.54) is 35.4 Å². The fourth-order valence-corrected chi connectivity index (χ4v) is 14.0. The molecule has 0 unspecified atom stereocenters. The summed E-state index contributed by atoms with van der Waals surface area (Å²) in [6, 6.07) is 47.5. The van der Waals surface area contributed by atoms with E-state index in [1.54, 1.807) is 16.8 Å². The van der Waals surface area contributed by atoms with Gasteiger partial charge in [0.1, 0.15) is 36.6 Å². The number of likely N-dealkylation sites (N-methyl/N-ethyl adjacent to an activating group) is 2. The highest BCUT2D eigenvalue weighted by molar-refractivity contribution is 5.95. The number of nitrogens with one attached hydrogen (secondary N) is 2. The van der Waals surface area contributed by atoms with Crippen LogP contribution in [-0.2, 0) is 66.7 Å². The number of carbonyl (C=O) groups is 5. The van der Waals surface area contributed by atoms with Crippen LogP contribution in [0.5, 0.6) is 5.75 Å². The van der Waals surface area contributed by atoms with Crippen LogP contribution in [0.1, 0.15) is 138 Å². The van der Waals surface area contributed by atoms with E-state index in [2.05, 4.69) is 39.5 Å². The van der Waals surface area contributed by atoms with Gasteiger partial charge in [0.05, 0.1) is 29.5 Å². The number of likely N-dealkylation sites (tertiary alicyclic amines) is 2. The number of nitrogens with zero attached hydrogens (tertiary/aromatic N) is 5. The third-order valence-electron chi connectivity index (χ3n) is 20.3. The van der Waals surface area contributed by atoms with Gasteiger partial charge >= 0.3 is 24.4 Å². The van der Waals surface area contributed by atoms with Crippen LogP contribution >= 0.6 is 0 Å². The van der Waals surface area contributed by atoms with Gasteiger partial charge in [0, 0.05) is 95.0 Å². The molecule has 2 N–H and O–H groups in total. The molecule has 0 bridgehead atoms. The van der Waals surface area contributed by atoms with E-state index in [0.29, 0.717) is 94.1 Å². The highest BCUT2D eigenvalue weighted by Crippen LogP contribution is 2.49. The van der Waals surface area contributed by atoms with Crippen LogP contribution in [-0.4, -0.2) is 153 Å². The molecule has 0 saturated carbocycles. The maximum Gasteiger partial charge on any atom is 0.416 e. The third-order valence-corrected chi connectivity index (χ3v) is 20.3. The van der Waals surface area contributed by atoms with Crippen molar-refractivity contribution in [1.29, 1.82) is 0 Å². The zero-order valence-corrected chi connectivity index (χ0v) is 59.3. The Hall–Kier alpha value is -9.00. The maximum absolute atomic E-state index is 14.0. The second kappa shape index (κ2) is 35.7. The van der Waals surface area contributed by atoms with Crippen LogP contribution in [0.4, 0.5) is 41.2 Å². The van der Waals surface area contributed by atoms with Gasteiger partial charge in [-0.05, 0) is 159 Å². The first-order valence-electron chi connectivity index (χ1n) is 35.8. The predicted molar refractivity (Wildman–Crippen MR) is 383 cm³/mol. The van der Waals surface area contributed by atoms with Crippen molar-refractivity contribution in [3.8, 4) is 16.9 Å². The second-order valence-electron chi connectivity index (χ2n) is 27.3. The summed E-state index contributed by atoms with van der Waals surface area (Å²) in [6.07, 6.45) is -2.32. The normalized spacial score (nSPS) is 17.6. The van der Waals surface area contributed by atoms with Crippen LogP contribution < -0.4 is 15.4 Å². The van der Waals surface area contributed by atoms with Crippen molar-refractivity contribution in [1.82, 2.24) is 29.8 Å². The lowest BCUT2D eigenvalue weighted by molar-refractivity contribution is -0.143. The van der Waals surface area contributed by atoms with Crippen LogP contribution in [0.15, 0.2) is 170 Å². The van der Waals surface area contributed by atoms with Gasteiger partial charge in [-0.3, -0.25) is 24.5 Å². The zero-order valence-electron chi connectivity index (χ0n) is 59.3. The minimum absolute atomic E-state index is 0.00747. The Morgan fingerprint density at radius 1 is 0.663 bits per heavy atom. The Kier molecular flexibility index (Phi) is 26.6. The largest absolute Gasteiger partial charge is 0.446 e. The molecule has 4 aliphatic rings. The SMILES string of the molecule is CCCCCCC(=O)Oc1ccc(CNCc2ccc(C(=O)N(C)CCN3CCC(OC(=O)Nc4ccccc4-c4ccccc4)CC3)cc2)cc1.CCN(C)C(=O)CO[C@H]1Cc2ccccc2C12CCN(CC[C@@]1(c3ccc(F)cc3)CN(C(=O)c3cc(C(F)(F)F)cc(C(F)(F)F)c3)CO1)CC2. The monoisotopic (exact) mass is 1440 g/mol. The number of para-hydroxylation sites is 1. The van der Waals surface area contributed by atoms with Gasteiger partial charge in [-0.1, -0.05) is 135 Å². The minimum Gasteiger partial charge on any atom is -0.446 e. The second-order valence-corrected chi connectivity index (χ2v) is 27.3. The number of esters is 1. The van der Waals surface area contributed by atoms with Gasteiger partial charge in [0.2, 0.25) is 5.91 Å². The van der Waals surface area contributed by atoms with Crippen molar-refractivity contribution in [3.05, 3.63) is 226 Å². The van der Waals surface area contributed by atoms with Crippen molar-refractivity contribution in [3.63, 3.8) is 0 Å². The molecule has 3 fully saturated rings. The molecule has 11 rings (SSSR count). The molecule has 3 saturated heterocycles. The average molecular weight is 1440 g/mol. The highest BCUT2D eigenvalue weighted by atomic mass is 19.4. The van der Waals surface area contributed by atoms with Gasteiger partial charge in [0.15, 0.2) is 0 Å². The number of anilines is 1. The molecule has 0 aromatic heterocycles. The molecule has 554 valence electrons. The van der Waals surface area contributed by atoms with Gasteiger partial charge in [-0.2, -0.15) is 26.3 Å². The molecule has 1 aliphatic carbocycles. The summed E-state index contributed by atoms with van der Waals surface area (Å²) in [4.78, 5) is 73.1. The number of amides is 4. The molecule has 0 radical (unpaired) electrons. The lowest BCUT2D eigenvalue weighted by atomic mass is 9.72. The lowest BCUT2D eigenvalue weighted by Crippen LogP contribution is -2.49. The number of benzene rings is 7. The van der Waals surface area contributed by atoms with Gasteiger partial charge < -0.3 is 48.8 Å². The summed E-state index contributed by atoms with van der Waals surface area (Å²) in [5, 5.41) is 6.37. The Bertz CT molecular complexity index is 3970. The molecular weight excluding hydrogens is 1350 g/mol. The Labute approximate surface area is 603 Å². The molecule has 1 spiro atoms. The first-order valence-corrected chi connectivity index (χ1v) is 35.8. The topological polar surface area (TPSA) is 163 Å². The van der Waals surface area contributed by atoms with E-state index in [9.17, 15) is 54.7 Å². The maximum atomic E-state index is 14.0. The quantitative estimate of drug-likeness (QED) is 0.0229. The zero-order chi connectivity index (χ0) is 74.0. The Balaban J connectivity index is 0.000000223. The first-order chi connectivity index (χ1) is 49.9. The highest BCUT2D eigenvalue weighted by Gasteiger charge is 2.50. The number of halogens is 7. The van der Waals surface area contributed by atoms with Crippen molar-refractivity contribution >= 4 is 35.5 Å². The van der Waals surface area contributed by atoms with Gasteiger partial charge in [-0.25, -0.2) is 9.18 Å². The summed E-state index contributed by atoms with van der Waals surface area (Å²) in [5.41, 5.74) is 3.06. The number of ether oxygens (including phenoxy) is 4. The summed E-state index contributed by atoms with van der Waals surface area (Å²) < 4.78 is 119. The third kappa shape index (κ3) is 20.5. The predicted octanol–water partition coefficient (Wildman–Crippen LogP) is 15.3. The lowest BCUT2D eigenvalue weighted by Gasteiger charge is -2.44.